The van der Waals surface area contributed by atoms with Crippen LogP contribution in [-0.2, 0) is 18.5 Å². The van der Waals surface area contributed by atoms with Crippen LogP contribution in [0.15, 0.2) is 73.1 Å². The minimum Gasteiger partial charge on any atom is -0.334 e. The number of nitrogens with zero attached hydrogens (tertiary/aromatic N) is 4. The number of carbonyl (C=O) groups is 1. The first kappa shape index (κ1) is 20.8. The minimum atomic E-state index is -0.0458. The summed E-state index contributed by atoms with van der Waals surface area (Å²) in [6.45, 7) is 7.80. The van der Waals surface area contributed by atoms with Crippen LogP contribution >= 0.6 is 0 Å². The number of amides is 1. The van der Waals surface area contributed by atoms with Crippen LogP contribution in [0.3, 0.4) is 0 Å². The molecule has 4 aromatic rings. The smallest absolute Gasteiger partial charge is 0.254 e. The molecule has 5 heteroatoms. The first-order valence-electron chi connectivity index (χ1n) is 10.5. The second-order valence-corrected chi connectivity index (χ2v) is 8.95. The quantitative estimate of drug-likeness (QED) is 0.461. The van der Waals surface area contributed by atoms with E-state index in [9.17, 15) is 4.79 Å². The van der Waals surface area contributed by atoms with Crippen LogP contribution in [0.2, 0.25) is 0 Å². The number of rotatable bonds is 5. The molecule has 0 N–H and O–H groups in total. The molecule has 0 atom stereocenters. The lowest BCUT2D eigenvalue weighted by Gasteiger charge is -2.20. The Morgan fingerprint density at radius 2 is 1.65 bits per heavy atom. The molecule has 0 aliphatic rings. The fraction of sp³-hybridized carbons (Fsp3) is 0.269. The molecule has 1 amide bonds. The second-order valence-electron chi connectivity index (χ2n) is 8.95. The van der Waals surface area contributed by atoms with Crippen molar-refractivity contribution in [3.63, 3.8) is 0 Å². The van der Waals surface area contributed by atoms with E-state index in [-0.39, 0.29) is 11.3 Å². The van der Waals surface area contributed by atoms with Gasteiger partial charge in [-0.05, 0) is 40.8 Å². The van der Waals surface area contributed by atoms with Crippen molar-refractivity contribution in [2.24, 2.45) is 0 Å². The van der Waals surface area contributed by atoms with Crippen molar-refractivity contribution in [3.8, 4) is 0 Å². The summed E-state index contributed by atoms with van der Waals surface area (Å²) in [6.07, 6.45) is 3.27. The average Bonchev–Trinajstić information content (AvgIpc) is 3.10. The van der Waals surface area contributed by atoms with Gasteiger partial charge in [-0.3, -0.25) is 9.78 Å². The zero-order valence-corrected chi connectivity index (χ0v) is 18.5. The van der Waals surface area contributed by atoms with Gasteiger partial charge in [0.2, 0.25) is 0 Å². The fourth-order valence-electron chi connectivity index (χ4n) is 3.71. The lowest BCUT2D eigenvalue weighted by molar-refractivity contribution is 0.0780. The van der Waals surface area contributed by atoms with Gasteiger partial charge in [-0.25, -0.2) is 4.98 Å². The van der Waals surface area contributed by atoms with Gasteiger partial charge in [0.05, 0.1) is 17.6 Å². The molecule has 0 fully saturated rings. The topological polar surface area (TPSA) is 51.0 Å². The van der Waals surface area contributed by atoms with E-state index < -0.39 is 0 Å². The van der Waals surface area contributed by atoms with Crippen LogP contribution in [0.5, 0.6) is 0 Å². The molecule has 0 saturated carbocycles. The van der Waals surface area contributed by atoms with Crippen molar-refractivity contribution in [1.82, 2.24) is 19.4 Å². The van der Waals surface area contributed by atoms with Gasteiger partial charge in [0.15, 0.2) is 0 Å². The first-order valence-corrected chi connectivity index (χ1v) is 10.5. The summed E-state index contributed by atoms with van der Waals surface area (Å²) in [4.78, 5) is 23.4. The summed E-state index contributed by atoms with van der Waals surface area (Å²) in [5, 5.41) is 0. The summed E-state index contributed by atoms with van der Waals surface area (Å²) in [6, 6.07) is 20.4. The molecule has 0 saturated heterocycles. The van der Waals surface area contributed by atoms with E-state index in [1.165, 1.54) is 11.1 Å². The number of hydrogen-bond acceptors (Lipinski definition) is 3. The third-order valence-corrected chi connectivity index (χ3v) is 5.55. The number of benzene rings is 2. The Hall–Kier alpha value is -3.47. The number of para-hydroxylation sites is 2. The highest BCUT2D eigenvalue weighted by Crippen LogP contribution is 2.24. The molecule has 0 aliphatic heterocycles. The molecule has 2 aromatic carbocycles. The Morgan fingerprint density at radius 1 is 0.968 bits per heavy atom. The van der Waals surface area contributed by atoms with E-state index in [0.29, 0.717) is 18.7 Å². The Labute approximate surface area is 183 Å². The van der Waals surface area contributed by atoms with Gasteiger partial charge in [0.25, 0.3) is 5.91 Å². The van der Waals surface area contributed by atoms with Crippen molar-refractivity contribution < 1.29 is 4.79 Å². The summed E-state index contributed by atoms with van der Waals surface area (Å²) < 4.78 is 2.21. The number of carbonyl (C=O) groups excluding carboxylic acids is 1. The van der Waals surface area contributed by atoms with Crippen molar-refractivity contribution in [2.75, 3.05) is 7.05 Å². The highest BCUT2D eigenvalue weighted by molar-refractivity contribution is 5.93. The fourth-order valence-corrected chi connectivity index (χ4v) is 3.71. The van der Waals surface area contributed by atoms with E-state index in [0.717, 1.165) is 16.9 Å². The van der Waals surface area contributed by atoms with Crippen molar-refractivity contribution >= 4 is 16.9 Å². The molecule has 0 unspecified atom stereocenters. The molecule has 0 aliphatic carbocycles. The normalized spacial score (nSPS) is 11.6. The molecule has 2 aromatic heterocycles. The summed E-state index contributed by atoms with van der Waals surface area (Å²) in [5.74, 6) is 0.821. The molecular weight excluding hydrogens is 384 g/mol. The van der Waals surface area contributed by atoms with Crippen molar-refractivity contribution in [2.45, 2.75) is 39.3 Å². The van der Waals surface area contributed by atoms with Crippen LogP contribution in [-0.4, -0.2) is 32.4 Å². The van der Waals surface area contributed by atoms with Crippen LogP contribution in [0.1, 0.15) is 48.1 Å². The largest absolute Gasteiger partial charge is 0.334 e. The Balaban J connectivity index is 1.64. The number of fused-ring (bicyclic) bond motifs is 1. The minimum absolute atomic E-state index is 0.0458. The predicted octanol–water partition coefficient (Wildman–Crippen LogP) is 5.05. The maximum Gasteiger partial charge on any atom is 0.254 e. The van der Waals surface area contributed by atoms with E-state index in [4.69, 9.17) is 4.98 Å². The molecule has 31 heavy (non-hydrogen) atoms. The standard InChI is InChI=1S/C26H28N4O/c1-26(2,3)21-11-9-19(10-12-21)17-30-23-8-6-5-7-22(23)28-24(30)18-29(4)25(31)20-13-15-27-16-14-20/h5-16H,17-18H2,1-4H3. The number of aromatic nitrogens is 3. The summed E-state index contributed by atoms with van der Waals surface area (Å²) in [7, 11) is 1.81. The molecule has 5 nitrogen and oxygen atoms in total. The second kappa shape index (κ2) is 8.34. The Morgan fingerprint density at radius 3 is 2.32 bits per heavy atom. The average molecular weight is 413 g/mol. The summed E-state index contributed by atoms with van der Waals surface area (Å²) >= 11 is 0. The van der Waals surface area contributed by atoms with Crippen LogP contribution in [0.4, 0.5) is 0 Å². The van der Waals surface area contributed by atoms with Crippen LogP contribution in [0.25, 0.3) is 11.0 Å². The molecule has 0 bridgehead atoms. The monoisotopic (exact) mass is 412 g/mol. The number of pyridine rings is 1. The maximum absolute atomic E-state index is 12.8. The number of imidazole rings is 1. The van der Waals surface area contributed by atoms with Gasteiger partial charge in [-0.2, -0.15) is 0 Å². The SMILES string of the molecule is CN(Cc1nc2ccccc2n1Cc1ccc(C(C)(C)C)cc1)C(=O)c1ccncc1. The lowest BCUT2D eigenvalue weighted by atomic mass is 9.87. The van der Waals surface area contributed by atoms with Gasteiger partial charge >= 0.3 is 0 Å². The van der Waals surface area contributed by atoms with Gasteiger partial charge in [-0.1, -0.05) is 57.2 Å². The molecule has 0 radical (unpaired) electrons. The van der Waals surface area contributed by atoms with Crippen LogP contribution in [0, 0.1) is 0 Å². The summed E-state index contributed by atoms with van der Waals surface area (Å²) in [5.41, 5.74) is 5.28. The van der Waals surface area contributed by atoms with Gasteiger partial charge in [0.1, 0.15) is 5.82 Å². The highest BCUT2D eigenvalue weighted by atomic mass is 16.2. The first-order chi connectivity index (χ1) is 14.8. The van der Waals surface area contributed by atoms with Gasteiger partial charge in [-0.15, -0.1) is 0 Å². The zero-order chi connectivity index (χ0) is 22.0. The molecule has 4 rings (SSSR count). The molecule has 158 valence electrons. The molecule has 2 heterocycles. The van der Waals surface area contributed by atoms with Crippen molar-refractivity contribution in [3.05, 3.63) is 95.6 Å². The zero-order valence-electron chi connectivity index (χ0n) is 18.5. The van der Waals surface area contributed by atoms with E-state index in [1.807, 2.05) is 25.2 Å². The van der Waals surface area contributed by atoms with E-state index >= 15 is 0 Å². The third kappa shape index (κ3) is 4.50. The lowest BCUT2D eigenvalue weighted by Crippen LogP contribution is -2.27. The maximum atomic E-state index is 12.8. The van der Waals surface area contributed by atoms with E-state index in [1.54, 1.807) is 29.4 Å². The van der Waals surface area contributed by atoms with Gasteiger partial charge < -0.3 is 9.47 Å². The molecular formula is C26H28N4O. The highest BCUT2D eigenvalue weighted by Gasteiger charge is 2.18. The number of hydrogen-bond donors (Lipinski definition) is 0. The Kier molecular flexibility index (Phi) is 5.59. The molecule has 0 spiro atoms. The van der Waals surface area contributed by atoms with E-state index in [2.05, 4.69) is 60.7 Å². The van der Waals surface area contributed by atoms with Crippen LogP contribution < -0.4 is 0 Å². The van der Waals surface area contributed by atoms with Crippen molar-refractivity contribution in [1.29, 1.82) is 0 Å². The predicted molar refractivity (Wildman–Crippen MR) is 124 cm³/mol. The van der Waals surface area contributed by atoms with Gasteiger partial charge in [0, 0.05) is 31.5 Å². The Bertz CT molecular complexity index is 1190. The third-order valence-electron chi connectivity index (χ3n) is 5.55.